The van der Waals surface area contributed by atoms with Gasteiger partial charge in [0, 0.05) is 12.3 Å². The van der Waals surface area contributed by atoms with Gasteiger partial charge in [0.1, 0.15) is 5.78 Å². The highest BCUT2D eigenvalue weighted by Gasteiger charge is 2.82. The maximum Gasteiger partial charge on any atom is 0.192 e. The van der Waals surface area contributed by atoms with Gasteiger partial charge in [-0.3, -0.25) is 4.79 Å². The molecule has 4 heteroatoms. The number of carbonyl (C=O) groups is 1. The highest BCUT2D eigenvalue weighted by molar-refractivity contribution is 6.74. The van der Waals surface area contributed by atoms with Crippen LogP contribution in [0.25, 0.3) is 0 Å². The summed E-state index contributed by atoms with van der Waals surface area (Å²) in [6.45, 7) is 17.6. The Morgan fingerprint density at radius 2 is 1.88 bits per heavy atom. The van der Waals surface area contributed by atoms with Gasteiger partial charge in [0.25, 0.3) is 0 Å². The second kappa shape index (κ2) is 5.05. The summed E-state index contributed by atoms with van der Waals surface area (Å²) < 4.78 is 6.79. The third kappa shape index (κ3) is 2.05. The lowest BCUT2D eigenvalue weighted by molar-refractivity contribution is -0.140. The number of carbonyl (C=O) groups excluding carboxylic acids is 1. The van der Waals surface area contributed by atoms with Crippen LogP contribution >= 0.6 is 0 Å². The molecule has 5 atom stereocenters. The second-order valence-electron chi connectivity index (χ2n) is 10.1. The van der Waals surface area contributed by atoms with Crippen LogP contribution in [-0.2, 0) is 9.22 Å². The van der Waals surface area contributed by atoms with Crippen LogP contribution in [0.3, 0.4) is 0 Å². The first-order chi connectivity index (χ1) is 10.8. The largest absolute Gasteiger partial charge is 0.413 e. The summed E-state index contributed by atoms with van der Waals surface area (Å²) in [6, 6.07) is 0. The molecule has 0 aromatic carbocycles. The van der Waals surface area contributed by atoms with E-state index in [9.17, 15) is 9.90 Å². The van der Waals surface area contributed by atoms with Crippen molar-refractivity contribution in [2.24, 2.45) is 17.3 Å². The van der Waals surface area contributed by atoms with Crippen LogP contribution in [0.1, 0.15) is 60.8 Å². The highest BCUT2D eigenvalue weighted by Crippen LogP contribution is 2.76. The molecule has 0 saturated heterocycles. The first-order valence-corrected chi connectivity index (χ1v) is 12.3. The molecular weight excluding hydrogens is 316 g/mol. The average molecular weight is 351 g/mol. The van der Waals surface area contributed by atoms with Crippen molar-refractivity contribution in [2.75, 3.05) is 0 Å². The molecule has 3 aliphatic rings. The van der Waals surface area contributed by atoms with Crippen molar-refractivity contribution in [3.8, 4) is 0 Å². The number of hydrogen-bond donors (Lipinski definition) is 1. The molecule has 0 aromatic heterocycles. The zero-order valence-corrected chi connectivity index (χ0v) is 17.6. The Hall–Kier alpha value is -0.453. The number of Topliss-reactive ketones (excluding diaryl/α,β-unsaturated/α-hetero) is 1. The van der Waals surface area contributed by atoms with Crippen molar-refractivity contribution in [3.05, 3.63) is 11.1 Å². The van der Waals surface area contributed by atoms with Gasteiger partial charge in [-0.1, -0.05) is 33.3 Å². The maximum absolute atomic E-state index is 12.9. The zero-order chi connectivity index (χ0) is 18.3. The van der Waals surface area contributed by atoms with E-state index in [0.29, 0.717) is 12.8 Å². The average Bonchev–Trinajstić information content (AvgIpc) is 3.06. The summed E-state index contributed by atoms with van der Waals surface area (Å²) in [6.07, 6.45) is 2.07. The lowest BCUT2D eigenvalue weighted by Gasteiger charge is -2.46. The molecule has 136 valence electrons. The molecule has 3 rings (SSSR count). The first kappa shape index (κ1) is 18.3. The van der Waals surface area contributed by atoms with E-state index in [-0.39, 0.29) is 28.8 Å². The minimum Gasteiger partial charge on any atom is -0.413 e. The molecule has 0 amide bonds. The first-order valence-electron chi connectivity index (χ1n) is 9.42. The van der Waals surface area contributed by atoms with E-state index in [1.807, 2.05) is 0 Å². The Kier molecular flexibility index (Phi) is 3.86. The third-order valence-corrected chi connectivity index (χ3v) is 12.0. The summed E-state index contributed by atoms with van der Waals surface area (Å²) in [7, 11) is -1.91. The molecule has 0 heterocycles. The fourth-order valence-electron chi connectivity index (χ4n) is 5.28. The van der Waals surface area contributed by atoms with E-state index in [1.165, 1.54) is 11.1 Å². The lowest BCUT2D eigenvalue weighted by Crippen LogP contribution is -2.54. The minimum atomic E-state index is -1.91. The normalized spacial score (nSPS) is 42.0. The van der Waals surface area contributed by atoms with Gasteiger partial charge in [-0.2, -0.15) is 0 Å². The Bertz CT molecular complexity index is 611. The molecular formula is C20H34O3Si. The van der Waals surface area contributed by atoms with Crippen molar-refractivity contribution in [1.29, 1.82) is 0 Å². The monoisotopic (exact) mass is 350 g/mol. The predicted molar refractivity (Wildman–Crippen MR) is 99.3 cm³/mol. The van der Waals surface area contributed by atoms with E-state index in [4.69, 9.17) is 4.43 Å². The molecule has 0 unspecified atom stereocenters. The van der Waals surface area contributed by atoms with Gasteiger partial charge in [0.15, 0.2) is 8.32 Å². The highest BCUT2D eigenvalue weighted by atomic mass is 28.4. The molecule has 24 heavy (non-hydrogen) atoms. The fourth-order valence-corrected chi connectivity index (χ4v) is 6.62. The Morgan fingerprint density at radius 1 is 1.29 bits per heavy atom. The molecule has 0 radical (unpaired) electrons. The van der Waals surface area contributed by atoms with Gasteiger partial charge in [-0.25, -0.2) is 0 Å². The van der Waals surface area contributed by atoms with Crippen molar-refractivity contribution in [2.45, 2.75) is 90.6 Å². The smallest absolute Gasteiger partial charge is 0.192 e. The molecule has 3 fully saturated rings. The molecule has 3 saturated carbocycles. The molecule has 1 N–H and O–H groups in total. The number of allylic oxidation sites excluding steroid dienone is 1. The van der Waals surface area contributed by atoms with E-state index in [0.717, 1.165) is 6.42 Å². The minimum absolute atomic E-state index is 0.0770. The molecule has 0 aliphatic heterocycles. The van der Waals surface area contributed by atoms with Crippen LogP contribution in [0.2, 0.25) is 18.1 Å². The molecule has 3 nitrogen and oxygen atoms in total. The van der Waals surface area contributed by atoms with E-state index >= 15 is 0 Å². The van der Waals surface area contributed by atoms with Gasteiger partial charge in [-0.05, 0) is 56.3 Å². The van der Waals surface area contributed by atoms with Crippen molar-refractivity contribution < 1.29 is 14.3 Å². The SMILES string of the molecule is CC(C)=C1[C@@H]2[C@H](O[Si](C)(C)C(C)(C)C)C[C@H](C)[C@@]3(O)CCC(=O)[C@@]123. The van der Waals surface area contributed by atoms with Crippen LogP contribution in [0, 0.1) is 17.3 Å². The van der Waals surface area contributed by atoms with Crippen LogP contribution in [0.5, 0.6) is 0 Å². The number of rotatable bonds is 2. The summed E-state index contributed by atoms with van der Waals surface area (Å²) in [5.74, 6) is 0.459. The fraction of sp³-hybridized carbons (Fsp3) is 0.850. The maximum atomic E-state index is 12.9. The molecule has 3 aliphatic carbocycles. The predicted octanol–water partition coefficient (Wildman–Crippen LogP) is 4.46. The quantitative estimate of drug-likeness (QED) is 0.590. The van der Waals surface area contributed by atoms with Gasteiger partial charge in [-0.15, -0.1) is 0 Å². The summed E-state index contributed by atoms with van der Waals surface area (Å²) in [5, 5.41) is 11.6. The number of aliphatic hydroxyl groups is 1. The number of hydrogen-bond acceptors (Lipinski definition) is 3. The van der Waals surface area contributed by atoms with Gasteiger partial charge in [0.2, 0.25) is 0 Å². The number of ketones is 1. The molecule has 0 bridgehead atoms. The second-order valence-corrected chi connectivity index (χ2v) is 14.9. The zero-order valence-electron chi connectivity index (χ0n) is 16.6. The Morgan fingerprint density at radius 3 is 2.38 bits per heavy atom. The Labute approximate surface area is 148 Å². The standard InChI is InChI=1S/C20H34O3Si/c1-12(2)16-17-14(23-24(7,8)18(4,5)6)11-13(3)19(22)10-9-15(21)20(16,17)19/h13-14,17,22H,9-11H2,1-8H3/t13-,14+,17-,19-,20+/m0/s1. The van der Waals surface area contributed by atoms with Gasteiger partial charge >= 0.3 is 0 Å². The van der Waals surface area contributed by atoms with E-state index in [1.54, 1.807) is 0 Å². The summed E-state index contributed by atoms with van der Waals surface area (Å²) in [5.41, 5.74) is 0.915. The summed E-state index contributed by atoms with van der Waals surface area (Å²) in [4.78, 5) is 12.9. The van der Waals surface area contributed by atoms with Crippen LogP contribution < -0.4 is 0 Å². The van der Waals surface area contributed by atoms with Crippen molar-refractivity contribution >= 4 is 14.1 Å². The van der Waals surface area contributed by atoms with Crippen LogP contribution in [0.4, 0.5) is 0 Å². The molecule has 0 aromatic rings. The van der Waals surface area contributed by atoms with Crippen LogP contribution in [0.15, 0.2) is 11.1 Å². The van der Waals surface area contributed by atoms with Crippen molar-refractivity contribution in [3.63, 3.8) is 0 Å². The topological polar surface area (TPSA) is 46.5 Å². The van der Waals surface area contributed by atoms with E-state index < -0.39 is 19.3 Å². The van der Waals surface area contributed by atoms with E-state index in [2.05, 4.69) is 54.6 Å². The molecule has 1 spiro atoms. The summed E-state index contributed by atoms with van der Waals surface area (Å²) >= 11 is 0. The lowest BCUT2D eigenvalue weighted by atomic mass is 9.68. The van der Waals surface area contributed by atoms with Crippen LogP contribution in [-0.4, -0.2) is 30.9 Å². The van der Waals surface area contributed by atoms with Crippen molar-refractivity contribution in [1.82, 2.24) is 0 Å². The van der Waals surface area contributed by atoms with Gasteiger partial charge in [0.05, 0.1) is 17.1 Å². The van der Waals surface area contributed by atoms with Gasteiger partial charge < -0.3 is 9.53 Å². The third-order valence-electron chi connectivity index (χ3n) is 7.54. The Balaban J connectivity index is 2.03.